The first-order valence-corrected chi connectivity index (χ1v) is 12.8. The summed E-state index contributed by atoms with van der Waals surface area (Å²) < 4.78 is 67.2. The lowest BCUT2D eigenvalue weighted by Crippen LogP contribution is -2.50. The SMILES string of the molecule is N#CCCCCC(=O)NS(=O)(=O)N1CCC(NC(=O)c2cc3cc(C(F)(F)F)ccc3s2)CC1. The molecule has 0 radical (unpaired) electrons. The van der Waals surface area contributed by atoms with Crippen molar-refractivity contribution in [2.75, 3.05) is 13.1 Å². The van der Waals surface area contributed by atoms with Crippen LogP contribution >= 0.6 is 11.3 Å². The molecule has 0 aliphatic carbocycles. The average molecular weight is 517 g/mol. The number of amides is 2. The van der Waals surface area contributed by atoms with Crippen LogP contribution in [0.5, 0.6) is 0 Å². The van der Waals surface area contributed by atoms with Gasteiger partial charge in [0.15, 0.2) is 0 Å². The summed E-state index contributed by atoms with van der Waals surface area (Å²) in [6.45, 7) is 0.201. The second kappa shape index (κ2) is 10.7. The number of rotatable bonds is 8. The number of piperidine rings is 1. The highest BCUT2D eigenvalue weighted by atomic mass is 32.2. The molecule has 2 aromatic rings. The third kappa shape index (κ3) is 6.68. The average Bonchev–Trinajstić information content (AvgIpc) is 3.20. The first-order valence-electron chi connectivity index (χ1n) is 10.6. The molecule has 1 aliphatic heterocycles. The fraction of sp³-hybridized carbons (Fsp3) is 0.476. The zero-order chi connectivity index (χ0) is 24.9. The lowest BCUT2D eigenvalue weighted by molar-refractivity contribution is -0.137. The van der Waals surface area contributed by atoms with Crippen molar-refractivity contribution >= 4 is 43.4 Å². The molecule has 184 valence electrons. The van der Waals surface area contributed by atoms with Crippen LogP contribution in [0.2, 0.25) is 0 Å². The van der Waals surface area contributed by atoms with Gasteiger partial charge in [-0.15, -0.1) is 11.3 Å². The molecule has 2 heterocycles. The molecule has 1 aliphatic rings. The van der Waals surface area contributed by atoms with Gasteiger partial charge in [-0.05, 0) is 55.3 Å². The number of alkyl halides is 3. The van der Waals surface area contributed by atoms with Crippen molar-refractivity contribution in [3.63, 3.8) is 0 Å². The van der Waals surface area contributed by atoms with Gasteiger partial charge in [-0.3, -0.25) is 9.59 Å². The number of unbranched alkanes of at least 4 members (excludes halogenated alkanes) is 2. The first-order chi connectivity index (χ1) is 16.0. The van der Waals surface area contributed by atoms with E-state index >= 15 is 0 Å². The number of hydrogen-bond acceptors (Lipinski definition) is 6. The Labute approximate surface area is 198 Å². The number of thiophene rings is 1. The van der Waals surface area contributed by atoms with Crippen molar-refractivity contribution in [2.45, 2.75) is 50.7 Å². The quantitative estimate of drug-likeness (QED) is 0.520. The Kier molecular flexibility index (Phi) is 8.17. The van der Waals surface area contributed by atoms with E-state index in [1.54, 1.807) is 0 Å². The van der Waals surface area contributed by atoms with Crippen molar-refractivity contribution < 1.29 is 31.2 Å². The molecule has 1 saturated heterocycles. The normalized spacial score (nSPS) is 15.7. The molecule has 0 bridgehead atoms. The molecular formula is C21H23F3N4O4S2. The van der Waals surface area contributed by atoms with Crippen molar-refractivity contribution in [1.29, 1.82) is 5.26 Å². The largest absolute Gasteiger partial charge is 0.416 e. The second-order valence-electron chi connectivity index (χ2n) is 7.90. The summed E-state index contributed by atoms with van der Waals surface area (Å²) in [7, 11) is -4.00. The number of carbonyl (C=O) groups excluding carboxylic acids is 2. The van der Waals surface area contributed by atoms with Gasteiger partial charge in [-0.2, -0.15) is 31.2 Å². The highest BCUT2D eigenvalue weighted by Crippen LogP contribution is 2.34. The summed E-state index contributed by atoms with van der Waals surface area (Å²) in [5.41, 5.74) is -0.785. The van der Waals surface area contributed by atoms with E-state index in [2.05, 4.69) is 5.32 Å². The van der Waals surface area contributed by atoms with Gasteiger partial charge in [0.2, 0.25) is 5.91 Å². The predicted molar refractivity (Wildman–Crippen MR) is 120 cm³/mol. The van der Waals surface area contributed by atoms with Crippen LogP contribution in [0.25, 0.3) is 10.1 Å². The minimum absolute atomic E-state index is 0.00701. The van der Waals surface area contributed by atoms with E-state index in [-0.39, 0.29) is 30.4 Å². The molecule has 2 amide bonds. The molecule has 1 fully saturated rings. The highest BCUT2D eigenvalue weighted by Gasteiger charge is 2.32. The third-order valence-electron chi connectivity index (χ3n) is 5.38. The Bertz CT molecular complexity index is 1200. The summed E-state index contributed by atoms with van der Waals surface area (Å²) in [4.78, 5) is 24.7. The maximum atomic E-state index is 12.9. The summed E-state index contributed by atoms with van der Waals surface area (Å²) in [5, 5.41) is 11.6. The molecule has 2 N–H and O–H groups in total. The smallest absolute Gasteiger partial charge is 0.349 e. The number of halogens is 3. The van der Waals surface area contributed by atoms with Crippen LogP contribution in [-0.4, -0.2) is 43.7 Å². The number of nitriles is 1. The van der Waals surface area contributed by atoms with E-state index in [1.165, 1.54) is 12.1 Å². The molecule has 13 heteroatoms. The van der Waals surface area contributed by atoms with Gasteiger partial charge in [0.25, 0.3) is 5.91 Å². The monoisotopic (exact) mass is 516 g/mol. The van der Waals surface area contributed by atoms with Crippen LogP contribution in [0.1, 0.15) is 53.8 Å². The van der Waals surface area contributed by atoms with Gasteiger partial charge in [-0.1, -0.05) is 0 Å². The molecule has 0 saturated carbocycles. The van der Waals surface area contributed by atoms with Crippen LogP contribution in [0.4, 0.5) is 13.2 Å². The molecular weight excluding hydrogens is 493 g/mol. The van der Waals surface area contributed by atoms with Crippen LogP contribution in [0.15, 0.2) is 24.3 Å². The lowest BCUT2D eigenvalue weighted by Gasteiger charge is -2.31. The van der Waals surface area contributed by atoms with E-state index in [1.807, 2.05) is 10.8 Å². The number of fused-ring (bicyclic) bond motifs is 1. The Morgan fingerprint density at radius 3 is 2.53 bits per heavy atom. The number of carbonyl (C=O) groups is 2. The molecule has 34 heavy (non-hydrogen) atoms. The fourth-order valence-electron chi connectivity index (χ4n) is 3.58. The maximum absolute atomic E-state index is 12.9. The van der Waals surface area contributed by atoms with Gasteiger partial charge in [-0.25, -0.2) is 4.72 Å². The topological polar surface area (TPSA) is 119 Å². The second-order valence-corrected chi connectivity index (χ2v) is 10.7. The molecule has 0 unspecified atom stereocenters. The van der Waals surface area contributed by atoms with E-state index in [0.29, 0.717) is 42.2 Å². The third-order valence-corrected chi connectivity index (χ3v) is 8.03. The zero-order valence-corrected chi connectivity index (χ0v) is 19.7. The Balaban J connectivity index is 1.52. The standard InChI is InChI=1S/C21H23F3N4O4S2/c22-21(23,24)15-5-6-17-14(12-15)13-18(33-17)20(30)26-16-7-10-28(11-8-16)34(31,32)27-19(29)4-2-1-3-9-25/h5-6,12-13,16H,1-4,7-8,10-11H2,(H,26,30)(H,27,29). The van der Waals surface area contributed by atoms with Crippen LogP contribution in [0.3, 0.4) is 0 Å². The van der Waals surface area contributed by atoms with E-state index in [9.17, 15) is 31.2 Å². The molecule has 0 spiro atoms. The van der Waals surface area contributed by atoms with Gasteiger partial charge in [0.1, 0.15) is 0 Å². The maximum Gasteiger partial charge on any atom is 0.416 e. The minimum Gasteiger partial charge on any atom is -0.349 e. The van der Waals surface area contributed by atoms with Crippen LogP contribution < -0.4 is 10.0 Å². The first kappa shape index (κ1) is 25.9. The Morgan fingerprint density at radius 1 is 1.18 bits per heavy atom. The van der Waals surface area contributed by atoms with Crippen molar-refractivity contribution in [3.8, 4) is 6.07 Å². The Morgan fingerprint density at radius 2 is 1.88 bits per heavy atom. The minimum atomic E-state index is -4.47. The van der Waals surface area contributed by atoms with Gasteiger partial charge >= 0.3 is 16.4 Å². The Hall–Kier alpha value is -2.69. The molecule has 1 aromatic carbocycles. The molecule has 1 aromatic heterocycles. The fourth-order valence-corrected chi connectivity index (χ4v) is 5.73. The lowest BCUT2D eigenvalue weighted by atomic mass is 10.1. The van der Waals surface area contributed by atoms with Crippen molar-refractivity contribution in [1.82, 2.24) is 14.3 Å². The van der Waals surface area contributed by atoms with Crippen LogP contribution in [-0.2, 0) is 21.2 Å². The molecule has 3 rings (SSSR count). The zero-order valence-electron chi connectivity index (χ0n) is 18.0. The summed E-state index contributed by atoms with van der Waals surface area (Å²) >= 11 is 1.08. The summed E-state index contributed by atoms with van der Waals surface area (Å²) in [6, 6.07) is 6.37. The number of hydrogen-bond donors (Lipinski definition) is 2. The number of nitrogens with zero attached hydrogens (tertiary/aromatic N) is 2. The van der Waals surface area contributed by atoms with Gasteiger partial charge in [0.05, 0.1) is 16.5 Å². The van der Waals surface area contributed by atoms with Gasteiger partial charge < -0.3 is 5.32 Å². The summed E-state index contributed by atoms with van der Waals surface area (Å²) in [5.74, 6) is -1.06. The number of nitrogens with one attached hydrogen (secondary N) is 2. The highest BCUT2D eigenvalue weighted by molar-refractivity contribution is 7.87. The van der Waals surface area contributed by atoms with Crippen molar-refractivity contribution in [2.24, 2.45) is 0 Å². The van der Waals surface area contributed by atoms with E-state index < -0.39 is 33.8 Å². The van der Waals surface area contributed by atoms with Gasteiger partial charge in [0, 0.05) is 36.7 Å². The van der Waals surface area contributed by atoms with Crippen molar-refractivity contribution in [3.05, 3.63) is 34.7 Å². The van der Waals surface area contributed by atoms with E-state index in [0.717, 1.165) is 27.8 Å². The predicted octanol–water partition coefficient (Wildman–Crippen LogP) is 3.56. The number of benzene rings is 1. The summed E-state index contributed by atoms with van der Waals surface area (Å²) in [6.07, 6.45) is -2.58. The molecule has 8 nitrogen and oxygen atoms in total. The van der Waals surface area contributed by atoms with E-state index in [4.69, 9.17) is 5.26 Å². The van der Waals surface area contributed by atoms with Crippen LogP contribution in [0, 0.1) is 11.3 Å². The molecule has 0 atom stereocenters.